The van der Waals surface area contributed by atoms with E-state index in [0.717, 1.165) is 23.4 Å². The Morgan fingerprint density at radius 2 is 2.14 bits per heavy atom. The fourth-order valence-corrected chi connectivity index (χ4v) is 2.70. The molecule has 0 radical (unpaired) electrons. The van der Waals surface area contributed by atoms with E-state index in [2.05, 4.69) is 27.3 Å². The van der Waals surface area contributed by atoms with E-state index >= 15 is 0 Å². The van der Waals surface area contributed by atoms with Crippen molar-refractivity contribution >= 4 is 5.91 Å². The molecule has 3 rings (SSSR count). The fraction of sp³-hybridized carbons (Fsp3) is 0.375. The smallest absolute Gasteiger partial charge is 0.221 e. The van der Waals surface area contributed by atoms with E-state index < -0.39 is 0 Å². The largest absolute Gasteiger partial charge is 0.355 e. The summed E-state index contributed by atoms with van der Waals surface area (Å²) in [4.78, 5) is 13.8. The molecule has 2 aromatic rings. The molecule has 1 fully saturated rings. The van der Waals surface area contributed by atoms with E-state index in [1.807, 2.05) is 0 Å². The van der Waals surface area contributed by atoms with Gasteiger partial charge in [0.15, 0.2) is 0 Å². The second-order valence-corrected chi connectivity index (χ2v) is 5.65. The molecule has 5 nitrogen and oxygen atoms in total. The first-order valence-electron chi connectivity index (χ1n) is 7.42. The number of nitrogens with one attached hydrogen (secondary N) is 2. The lowest BCUT2D eigenvalue weighted by molar-refractivity contribution is -0.120. The van der Waals surface area contributed by atoms with Crippen LogP contribution in [0.2, 0.25) is 0 Å². The lowest BCUT2D eigenvalue weighted by Gasteiger charge is -2.26. The van der Waals surface area contributed by atoms with Gasteiger partial charge in [-0.15, -0.1) is 0 Å². The molecule has 1 aromatic heterocycles. The average Bonchev–Trinajstić information content (AvgIpc) is 2.91. The van der Waals surface area contributed by atoms with E-state index in [4.69, 9.17) is 0 Å². The van der Waals surface area contributed by atoms with Gasteiger partial charge in [-0.05, 0) is 31.2 Å². The minimum absolute atomic E-state index is 0.0975. The zero-order valence-corrected chi connectivity index (χ0v) is 12.5. The van der Waals surface area contributed by atoms with Crippen molar-refractivity contribution in [3.05, 3.63) is 41.8 Å². The van der Waals surface area contributed by atoms with Crippen LogP contribution in [0.3, 0.4) is 0 Å². The van der Waals surface area contributed by atoms with Crippen molar-refractivity contribution in [1.29, 1.82) is 0 Å². The second kappa shape index (κ2) is 6.27. The minimum atomic E-state index is -0.254. The van der Waals surface area contributed by atoms with Gasteiger partial charge in [-0.2, -0.15) is 5.10 Å². The van der Waals surface area contributed by atoms with Crippen LogP contribution in [0.1, 0.15) is 18.9 Å². The summed E-state index contributed by atoms with van der Waals surface area (Å²) in [5, 5.41) is 10.0. The molecule has 1 amide bonds. The number of aromatic nitrogens is 2. The quantitative estimate of drug-likeness (QED) is 0.910. The number of nitrogens with zero attached hydrogens (tertiary/aromatic N) is 2. The number of amides is 1. The molecule has 1 saturated heterocycles. The van der Waals surface area contributed by atoms with Crippen LogP contribution in [0.5, 0.6) is 0 Å². The maximum atomic E-state index is 13.1. The Hall–Kier alpha value is -2.21. The van der Waals surface area contributed by atoms with Gasteiger partial charge < -0.3 is 5.32 Å². The summed E-state index contributed by atoms with van der Waals surface area (Å²) in [5.74, 6) is -0.157. The first kappa shape index (κ1) is 14.7. The Morgan fingerprint density at radius 1 is 1.36 bits per heavy atom. The molecule has 116 valence electrons. The molecule has 0 spiro atoms. The summed E-state index contributed by atoms with van der Waals surface area (Å²) in [5.41, 5.74) is 2.86. The van der Waals surface area contributed by atoms with Gasteiger partial charge in [0.25, 0.3) is 0 Å². The van der Waals surface area contributed by atoms with Crippen molar-refractivity contribution in [3.8, 4) is 11.3 Å². The Balaban J connectivity index is 1.80. The zero-order chi connectivity index (χ0) is 15.5. The minimum Gasteiger partial charge on any atom is -0.355 e. The molecule has 2 heterocycles. The highest BCUT2D eigenvalue weighted by Crippen LogP contribution is 2.23. The van der Waals surface area contributed by atoms with Crippen molar-refractivity contribution in [1.82, 2.24) is 20.4 Å². The summed E-state index contributed by atoms with van der Waals surface area (Å²) in [7, 11) is 0. The molecule has 0 bridgehead atoms. The maximum Gasteiger partial charge on any atom is 0.221 e. The van der Waals surface area contributed by atoms with Crippen LogP contribution < -0.4 is 5.32 Å². The van der Waals surface area contributed by atoms with Crippen molar-refractivity contribution < 1.29 is 9.18 Å². The number of benzene rings is 1. The van der Waals surface area contributed by atoms with E-state index in [1.165, 1.54) is 12.1 Å². The molecule has 1 aliphatic rings. The molecule has 1 atom stereocenters. The normalized spacial score (nSPS) is 19.7. The van der Waals surface area contributed by atoms with Crippen molar-refractivity contribution in [3.63, 3.8) is 0 Å². The first-order chi connectivity index (χ1) is 10.6. The number of carbonyl (C=O) groups is 1. The molecule has 6 heteroatoms. The van der Waals surface area contributed by atoms with Gasteiger partial charge in [0.05, 0.1) is 11.9 Å². The standard InChI is InChI=1S/C16H19FN4O/c1-11-8-18-15(22)6-7-21(11)10-13-9-19-20-16(13)12-2-4-14(17)5-3-12/h2-5,9,11H,6-8,10H2,1H3,(H,18,22)(H,19,20). The van der Waals surface area contributed by atoms with Gasteiger partial charge in [0, 0.05) is 43.2 Å². The summed E-state index contributed by atoms with van der Waals surface area (Å²) >= 11 is 0. The average molecular weight is 302 g/mol. The number of carbonyl (C=O) groups excluding carboxylic acids is 1. The number of hydrogen-bond acceptors (Lipinski definition) is 3. The molecule has 0 aliphatic carbocycles. The predicted octanol–water partition coefficient (Wildman–Crippen LogP) is 1.93. The van der Waals surface area contributed by atoms with Gasteiger partial charge in [-0.3, -0.25) is 14.8 Å². The van der Waals surface area contributed by atoms with E-state index in [-0.39, 0.29) is 17.8 Å². The lowest BCUT2D eigenvalue weighted by atomic mass is 10.1. The second-order valence-electron chi connectivity index (χ2n) is 5.65. The number of H-pyrrole nitrogens is 1. The monoisotopic (exact) mass is 302 g/mol. The van der Waals surface area contributed by atoms with Crippen molar-refractivity contribution in [2.24, 2.45) is 0 Å². The van der Waals surface area contributed by atoms with Crippen LogP contribution in [0.4, 0.5) is 4.39 Å². The third kappa shape index (κ3) is 3.17. The van der Waals surface area contributed by atoms with Gasteiger partial charge in [0.2, 0.25) is 5.91 Å². The molecule has 1 unspecified atom stereocenters. The molecule has 2 N–H and O–H groups in total. The molecular formula is C16H19FN4O. The molecule has 0 saturated carbocycles. The lowest BCUT2D eigenvalue weighted by Crippen LogP contribution is -2.37. The van der Waals surface area contributed by atoms with Crippen molar-refractivity contribution in [2.45, 2.75) is 25.9 Å². The highest BCUT2D eigenvalue weighted by molar-refractivity contribution is 5.76. The Labute approximate surface area is 128 Å². The molecular weight excluding hydrogens is 283 g/mol. The summed E-state index contributed by atoms with van der Waals surface area (Å²) < 4.78 is 13.1. The number of hydrogen-bond donors (Lipinski definition) is 2. The van der Waals surface area contributed by atoms with E-state index in [1.54, 1.807) is 18.3 Å². The van der Waals surface area contributed by atoms with E-state index in [0.29, 0.717) is 19.5 Å². The van der Waals surface area contributed by atoms with E-state index in [9.17, 15) is 9.18 Å². The summed E-state index contributed by atoms with van der Waals surface area (Å²) in [6.45, 7) is 4.19. The van der Waals surface area contributed by atoms with Gasteiger partial charge >= 0.3 is 0 Å². The zero-order valence-electron chi connectivity index (χ0n) is 12.5. The van der Waals surface area contributed by atoms with Gasteiger partial charge in [0.1, 0.15) is 5.82 Å². The molecule has 1 aromatic carbocycles. The Bertz CT molecular complexity index is 652. The topological polar surface area (TPSA) is 61.0 Å². The number of rotatable bonds is 3. The van der Waals surface area contributed by atoms with Crippen LogP contribution in [0.25, 0.3) is 11.3 Å². The van der Waals surface area contributed by atoms with Crippen LogP contribution in [-0.2, 0) is 11.3 Å². The van der Waals surface area contributed by atoms with Crippen LogP contribution in [0.15, 0.2) is 30.5 Å². The number of aromatic amines is 1. The third-order valence-electron chi connectivity index (χ3n) is 4.07. The van der Waals surface area contributed by atoms with Crippen LogP contribution in [-0.4, -0.2) is 40.1 Å². The summed E-state index contributed by atoms with van der Waals surface area (Å²) in [6, 6.07) is 6.63. The van der Waals surface area contributed by atoms with Gasteiger partial charge in [-0.1, -0.05) is 0 Å². The highest BCUT2D eigenvalue weighted by Gasteiger charge is 2.21. The Kier molecular flexibility index (Phi) is 4.20. The third-order valence-corrected chi connectivity index (χ3v) is 4.07. The van der Waals surface area contributed by atoms with Crippen LogP contribution in [0, 0.1) is 5.82 Å². The first-order valence-corrected chi connectivity index (χ1v) is 7.42. The molecule has 1 aliphatic heterocycles. The fourth-order valence-electron chi connectivity index (χ4n) is 2.70. The van der Waals surface area contributed by atoms with Crippen molar-refractivity contribution in [2.75, 3.05) is 13.1 Å². The van der Waals surface area contributed by atoms with Gasteiger partial charge in [-0.25, -0.2) is 4.39 Å². The number of halogens is 1. The van der Waals surface area contributed by atoms with Crippen LogP contribution >= 0.6 is 0 Å². The SMILES string of the molecule is CC1CNC(=O)CCN1Cc1cn[nH]c1-c1ccc(F)cc1. The predicted molar refractivity (Wildman–Crippen MR) is 81.5 cm³/mol. The Morgan fingerprint density at radius 3 is 2.91 bits per heavy atom. The highest BCUT2D eigenvalue weighted by atomic mass is 19.1. The molecule has 22 heavy (non-hydrogen) atoms. The summed E-state index contributed by atoms with van der Waals surface area (Å²) in [6.07, 6.45) is 2.31. The maximum absolute atomic E-state index is 13.1.